The summed E-state index contributed by atoms with van der Waals surface area (Å²) in [7, 11) is -3.01. The maximum atomic E-state index is 13.7. The van der Waals surface area contributed by atoms with Gasteiger partial charge >= 0.3 is 58.6 Å². The van der Waals surface area contributed by atoms with E-state index in [1.165, 1.54) is 11.8 Å². The van der Waals surface area contributed by atoms with Gasteiger partial charge in [0.25, 0.3) is 23.6 Å². The predicted octanol–water partition coefficient (Wildman–Crippen LogP) is 11.5. The van der Waals surface area contributed by atoms with Crippen LogP contribution in [0, 0.1) is 45.3 Å². The van der Waals surface area contributed by atoms with Gasteiger partial charge in [-0.25, -0.2) is 0 Å². The van der Waals surface area contributed by atoms with Crippen LogP contribution in [0.5, 0.6) is 0 Å². The molecule has 0 aromatic heterocycles. The van der Waals surface area contributed by atoms with Gasteiger partial charge in [-0.15, -0.1) is 30.1 Å². The van der Waals surface area contributed by atoms with E-state index in [9.17, 15) is 63.0 Å². The Labute approximate surface area is 871 Å². The topological polar surface area (TPSA) is 422 Å². The fraction of sp³-hybridized carbons (Fsp3) is 0.206. The second-order valence-corrected chi connectivity index (χ2v) is 43.8. The van der Waals surface area contributed by atoms with Gasteiger partial charge in [-0.1, -0.05) is 220 Å². The Morgan fingerprint density at radius 2 is 0.620 bits per heavy atom. The van der Waals surface area contributed by atoms with Gasteiger partial charge in [-0.05, 0) is 145 Å². The molecule has 40 heteroatoms. The maximum absolute atomic E-state index is 13.7. The van der Waals surface area contributed by atoms with E-state index in [2.05, 4.69) is 30.9 Å². The number of thioether (sulfide) groups is 2. The molecule has 4 aliphatic heterocycles. The normalized spacial score (nSPS) is 15.3. The first-order valence-corrected chi connectivity index (χ1v) is 56.2. The number of halogens is 9. The van der Waals surface area contributed by atoms with Crippen molar-refractivity contribution in [3.05, 3.63) is 314 Å². The third-order valence-corrected chi connectivity index (χ3v) is 30.3. The van der Waals surface area contributed by atoms with Gasteiger partial charge in [-0.3, -0.25) is 41.3 Å². The standard InChI is InChI=1S/C25H20Cl2N2OS.2C24H18Cl2N2O3S.C24H18Cl2N2O2S.IO4.Na.4O.Os/c1-2-5-18(16-8-9-21(26)22(27)13-16)15-29-10-11-31-24-19(14-28)12-17-6-3-4-7-20(17)23(24)25(29)30;2*25-20-6-5-15(12-21(20)26)17(7-9-29)14-28-8-10-32(31)23-18(13-27)11-16-3-1-2-4-19(16)22(23)24(28)30;25-20-6-5-15(12-21(20)26)17(7-9-29)14-28-8-10-31-23-18(13-27)11-16-3-1-2-4-19(16)22(23)24(28)30;2-1(3,4)5;;;;;;/h2-4,6-9,12-13,18H,1,5,10-11,15H2;2*1-6,9,11-12,17H,7-8,10,14H2;1-6,9,11-12,17H,7-8,10,14H2;;;;;;;/q;;;;-1;+1;;;;;/t18-;2*17-,32?;17-;;;;;;;/m1111......./s1. The summed E-state index contributed by atoms with van der Waals surface area (Å²) in [4.78, 5) is 98.0. The fourth-order valence-electron chi connectivity index (χ4n) is 16.1. The Bertz CT molecular complexity index is 6830. The third kappa shape index (κ3) is 28.3. The number of allylic oxidation sites excluding steroid dienone is 1. The minimum atomic E-state index is -6.06. The predicted molar refractivity (Wildman–Crippen MR) is 509 cm³/mol. The van der Waals surface area contributed by atoms with Gasteiger partial charge in [0.05, 0.1) is 116 Å². The summed E-state index contributed by atoms with van der Waals surface area (Å²) in [5.41, 5.74) is 6.84. The molecule has 4 aliphatic rings. The van der Waals surface area contributed by atoms with Crippen molar-refractivity contribution >= 4 is 224 Å². The molecule has 700 valence electrons. The van der Waals surface area contributed by atoms with Crippen LogP contribution in [0.2, 0.25) is 40.2 Å². The van der Waals surface area contributed by atoms with Gasteiger partial charge in [0.2, 0.25) is 0 Å². The van der Waals surface area contributed by atoms with Crippen LogP contribution in [-0.2, 0) is 65.0 Å². The number of hydrogen-bond donors (Lipinski definition) is 0. The van der Waals surface area contributed by atoms with E-state index in [1.54, 1.807) is 105 Å². The zero-order valence-corrected chi connectivity index (χ0v) is 88.0. The Hall–Kier alpha value is -9.00. The molecule has 0 saturated carbocycles. The van der Waals surface area contributed by atoms with Crippen LogP contribution in [0.3, 0.4) is 0 Å². The van der Waals surface area contributed by atoms with Crippen molar-refractivity contribution in [3.8, 4) is 24.3 Å². The van der Waals surface area contributed by atoms with E-state index in [0.29, 0.717) is 132 Å². The molecule has 0 spiro atoms. The first-order chi connectivity index (χ1) is 64.9. The quantitative estimate of drug-likeness (QED) is 0.0296. The van der Waals surface area contributed by atoms with Crippen molar-refractivity contribution in [2.24, 2.45) is 0 Å². The molecular formula is C97H74Cl8IN8NaO17OsS4. The second kappa shape index (κ2) is 50.9. The van der Waals surface area contributed by atoms with Crippen molar-refractivity contribution < 1.29 is 134 Å². The first kappa shape index (κ1) is 110. The average Bonchev–Trinajstić information content (AvgIpc) is 1.65. The Kier molecular flexibility index (Phi) is 40.9. The van der Waals surface area contributed by atoms with Crippen molar-refractivity contribution in [2.75, 3.05) is 75.4 Å². The monoisotopic (exact) mass is 2370 g/mol. The number of amides is 4. The number of carbonyl (C=O) groups is 7. The van der Waals surface area contributed by atoms with Gasteiger partial charge in [-0.2, -0.15) is 21.0 Å². The molecule has 4 amide bonds. The molecule has 25 nitrogen and oxygen atoms in total. The van der Waals surface area contributed by atoms with Crippen LogP contribution >= 0.6 is 116 Å². The number of benzene rings is 12. The van der Waals surface area contributed by atoms with E-state index >= 15 is 0 Å². The van der Waals surface area contributed by atoms with E-state index in [-0.39, 0.29) is 145 Å². The summed E-state index contributed by atoms with van der Waals surface area (Å²) in [5.74, 6) is 0.313. The number of rotatable bonds is 20. The molecule has 0 saturated heterocycles. The van der Waals surface area contributed by atoms with Gasteiger partial charge in [0.15, 0.2) is 0 Å². The molecule has 4 heterocycles. The summed E-state index contributed by atoms with van der Waals surface area (Å²) < 4.78 is 95.2. The van der Waals surface area contributed by atoms with Crippen LogP contribution in [0.25, 0.3) is 43.1 Å². The molecule has 0 radical (unpaired) electrons. The zero-order valence-electron chi connectivity index (χ0n) is 72.0. The molecule has 0 aliphatic carbocycles. The molecule has 0 bridgehead atoms. The van der Waals surface area contributed by atoms with Crippen molar-refractivity contribution in [1.29, 1.82) is 21.0 Å². The van der Waals surface area contributed by atoms with E-state index in [4.69, 9.17) is 121 Å². The van der Waals surface area contributed by atoms with Gasteiger partial charge in [0.1, 0.15) is 63.2 Å². The van der Waals surface area contributed by atoms with Crippen LogP contribution in [0.1, 0.15) is 135 Å². The molecule has 12 aromatic rings. The fourth-order valence-corrected chi connectivity index (χ4v) is 22.2. The summed E-state index contributed by atoms with van der Waals surface area (Å²) in [5, 5.41) is 48.4. The molecular weight excluding hydrogens is 2300 g/mol. The summed E-state index contributed by atoms with van der Waals surface area (Å²) >= 11 is 40.1. The molecule has 0 N–H and O–H groups in total. The van der Waals surface area contributed by atoms with Crippen LogP contribution < -0.4 is 63.4 Å². The number of nitrogens with zero attached hydrogens (tertiary/aromatic N) is 8. The molecule has 12 aromatic carbocycles. The first-order valence-electron chi connectivity index (χ1n) is 40.9. The second-order valence-electron chi connectivity index (χ2n) is 30.6. The van der Waals surface area contributed by atoms with Crippen LogP contribution in [0.4, 0.5) is 0 Å². The minimum absolute atomic E-state index is 0. The molecule has 6 atom stereocenters. The van der Waals surface area contributed by atoms with E-state index < -0.39 is 56.5 Å². The number of aldehydes is 3. The van der Waals surface area contributed by atoms with Crippen molar-refractivity contribution in [1.82, 2.24) is 19.6 Å². The van der Waals surface area contributed by atoms with E-state index in [0.717, 1.165) is 89.0 Å². The molecule has 0 fully saturated rings. The summed E-state index contributed by atoms with van der Waals surface area (Å²) in [6.07, 6.45) is 5.70. The number of carbonyl (C=O) groups excluding carboxylic acids is 7. The SMILES string of the molecule is C=CC[C@H](CN1CCSc2c(C#N)cc3ccccc3c2C1=O)c1ccc(Cl)c(Cl)c1.N#Cc1cc2ccccc2c2c1S(=O)CCN(C[C@@H](CC=O)c1ccc(Cl)c(Cl)c1)C2=O.N#Cc1cc2ccccc2c2c1S(=O)CCN(C[C@@H](CC=O)c1ccc(Cl)c(Cl)c1)C2=O.N#Cc1cc2ccccc2c2c1SCCN(C[C@@H](CC=O)c1ccc(Cl)c(Cl)c1)C2=O.[Na+].[O-][I+3]([O-])([O-])[O-].[O]=[Os](=[O])(=[O])=[O]. The van der Waals surface area contributed by atoms with Crippen LogP contribution in [-0.4, -0.2) is 146 Å². The molecule has 137 heavy (non-hydrogen) atoms. The van der Waals surface area contributed by atoms with Crippen molar-refractivity contribution in [2.45, 2.75) is 68.9 Å². The van der Waals surface area contributed by atoms with Gasteiger partial charge < -0.3 is 34.0 Å². The Morgan fingerprint density at radius 3 is 0.876 bits per heavy atom. The summed E-state index contributed by atoms with van der Waals surface area (Å²) in [6, 6.07) is 66.9. The number of hydrogen-bond acceptors (Lipinski definition) is 23. The Balaban J connectivity index is 0.000000182. The third-order valence-electron chi connectivity index (χ3n) is 22.3. The van der Waals surface area contributed by atoms with Crippen molar-refractivity contribution in [3.63, 3.8) is 0 Å². The van der Waals surface area contributed by atoms with Gasteiger partial charge in [0, 0.05) is 128 Å². The van der Waals surface area contributed by atoms with Crippen LogP contribution in [0.15, 0.2) is 226 Å². The zero-order chi connectivity index (χ0) is 98.6. The average molecular weight is 2380 g/mol. The number of nitriles is 4. The summed E-state index contributed by atoms with van der Waals surface area (Å²) in [6.45, 7) is 6.92. The molecule has 2 unspecified atom stereocenters. The van der Waals surface area contributed by atoms with E-state index in [1.807, 2.05) is 126 Å². The Morgan fingerprint density at radius 1 is 0.380 bits per heavy atom. The number of fused-ring (bicyclic) bond motifs is 12. The molecule has 16 rings (SSSR count).